The molecule has 0 aromatic rings. The van der Waals surface area contributed by atoms with Crippen molar-refractivity contribution in [2.45, 2.75) is 57.5 Å². The number of hydrogen-bond donors (Lipinski definition) is 0. The molecule has 2 nitrogen and oxygen atoms in total. The Morgan fingerprint density at radius 1 is 1.38 bits per heavy atom. The van der Waals surface area contributed by atoms with Crippen LogP contribution in [0.3, 0.4) is 0 Å². The summed E-state index contributed by atoms with van der Waals surface area (Å²) in [6.45, 7) is 3.26. The highest BCUT2D eigenvalue weighted by atomic mass is 16.1. The van der Waals surface area contributed by atoms with Crippen LogP contribution in [0, 0.1) is 0 Å². The minimum Gasteiger partial charge on any atom is -0.298 e. The molecule has 0 aliphatic carbocycles. The van der Waals surface area contributed by atoms with Crippen molar-refractivity contribution in [3.8, 4) is 0 Å². The largest absolute Gasteiger partial charge is 0.298 e. The third-order valence-corrected chi connectivity index (χ3v) is 3.46. The zero-order chi connectivity index (χ0) is 9.26. The second-order valence-electron chi connectivity index (χ2n) is 4.34. The average molecular weight is 181 g/mol. The number of ketones is 1. The molecular formula is C11H19NO. The van der Waals surface area contributed by atoms with Gasteiger partial charge in [-0.1, -0.05) is 6.92 Å². The lowest BCUT2D eigenvalue weighted by atomic mass is 10.0. The SMILES string of the molecule is CCCC(=O)[C@H]1CC[C@@H]2CCCN21. The highest BCUT2D eigenvalue weighted by Gasteiger charge is 2.39. The molecule has 74 valence electrons. The molecule has 0 spiro atoms. The van der Waals surface area contributed by atoms with Crippen LogP contribution in [0.15, 0.2) is 0 Å². The second-order valence-corrected chi connectivity index (χ2v) is 4.34. The molecule has 13 heavy (non-hydrogen) atoms. The van der Waals surface area contributed by atoms with E-state index in [1.165, 1.54) is 25.8 Å². The highest BCUT2D eigenvalue weighted by Crippen LogP contribution is 2.33. The van der Waals surface area contributed by atoms with E-state index in [0.717, 1.165) is 25.3 Å². The van der Waals surface area contributed by atoms with Gasteiger partial charge in [-0.05, 0) is 38.6 Å². The van der Waals surface area contributed by atoms with E-state index in [1.54, 1.807) is 0 Å². The first-order chi connectivity index (χ1) is 6.33. The first-order valence-electron chi connectivity index (χ1n) is 5.61. The summed E-state index contributed by atoms with van der Waals surface area (Å²) in [7, 11) is 0. The van der Waals surface area contributed by atoms with E-state index in [-0.39, 0.29) is 0 Å². The van der Waals surface area contributed by atoms with Crippen molar-refractivity contribution in [1.82, 2.24) is 4.90 Å². The van der Waals surface area contributed by atoms with Gasteiger partial charge in [-0.15, -0.1) is 0 Å². The van der Waals surface area contributed by atoms with Crippen LogP contribution in [0.5, 0.6) is 0 Å². The molecule has 2 saturated heterocycles. The molecule has 0 unspecified atom stereocenters. The van der Waals surface area contributed by atoms with E-state index < -0.39 is 0 Å². The predicted octanol–water partition coefficient (Wildman–Crippen LogP) is 1.98. The number of fused-ring (bicyclic) bond motifs is 1. The Bertz CT molecular complexity index is 202. The average Bonchev–Trinajstić information content (AvgIpc) is 2.62. The van der Waals surface area contributed by atoms with Crippen molar-refractivity contribution in [3.63, 3.8) is 0 Å². The Balaban J connectivity index is 1.96. The Kier molecular flexibility index (Phi) is 2.68. The maximum Gasteiger partial charge on any atom is 0.149 e. The summed E-state index contributed by atoms with van der Waals surface area (Å²) in [5, 5.41) is 0. The number of carbonyl (C=O) groups is 1. The van der Waals surface area contributed by atoms with E-state index in [4.69, 9.17) is 0 Å². The highest BCUT2D eigenvalue weighted by molar-refractivity contribution is 5.84. The molecule has 0 amide bonds. The number of Topliss-reactive ketones (excluding diaryl/α,β-unsaturated/α-hetero) is 1. The lowest BCUT2D eigenvalue weighted by Crippen LogP contribution is -2.37. The summed E-state index contributed by atoms with van der Waals surface area (Å²) in [4.78, 5) is 14.2. The van der Waals surface area contributed by atoms with Crippen LogP contribution in [0.2, 0.25) is 0 Å². The smallest absolute Gasteiger partial charge is 0.149 e. The maximum absolute atomic E-state index is 11.7. The molecule has 0 N–H and O–H groups in total. The molecule has 2 fully saturated rings. The van der Waals surface area contributed by atoms with Gasteiger partial charge in [0.25, 0.3) is 0 Å². The standard InChI is InChI=1S/C11H19NO/c1-2-4-11(13)10-7-6-9-5-3-8-12(9)10/h9-10H,2-8H2,1H3/t9-,10+/m0/s1. The fourth-order valence-electron chi connectivity index (χ4n) is 2.85. The fourth-order valence-corrected chi connectivity index (χ4v) is 2.85. The minimum absolute atomic E-state index is 0.299. The van der Waals surface area contributed by atoms with Gasteiger partial charge in [-0.2, -0.15) is 0 Å². The molecule has 2 aliphatic heterocycles. The predicted molar refractivity (Wildman–Crippen MR) is 52.7 cm³/mol. The van der Waals surface area contributed by atoms with Crippen LogP contribution in [0.4, 0.5) is 0 Å². The second kappa shape index (κ2) is 3.79. The van der Waals surface area contributed by atoms with Crippen LogP contribution in [0.25, 0.3) is 0 Å². The van der Waals surface area contributed by atoms with Gasteiger partial charge in [0.15, 0.2) is 0 Å². The summed E-state index contributed by atoms with van der Waals surface area (Å²) in [5.41, 5.74) is 0. The van der Waals surface area contributed by atoms with Crippen molar-refractivity contribution in [2.75, 3.05) is 6.54 Å². The lowest BCUT2D eigenvalue weighted by molar-refractivity contribution is -0.123. The van der Waals surface area contributed by atoms with Gasteiger partial charge in [-0.3, -0.25) is 9.69 Å². The number of carbonyl (C=O) groups excluding carboxylic acids is 1. The number of nitrogens with zero attached hydrogens (tertiary/aromatic N) is 1. The normalized spacial score (nSPS) is 33.6. The van der Waals surface area contributed by atoms with Crippen molar-refractivity contribution in [2.24, 2.45) is 0 Å². The Morgan fingerprint density at radius 2 is 2.23 bits per heavy atom. The third kappa shape index (κ3) is 1.64. The van der Waals surface area contributed by atoms with Crippen LogP contribution in [0.1, 0.15) is 45.4 Å². The quantitative estimate of drug-likeness (QED) is 0.663. The summed E-state index contributed by atoms with van der Waals surface area (Å²) < 4.78 is 0. The molecule has 2 rings (SSSR count). The van der Waals surface area contributed by atoms with Crippen molar-refractivity contribution in [3.05, 3.63) is 0 Å². The Labute approximate surface area is 80.3 Å². The van der Waals surface area contributed by atoms with Gasteiger partial charge in [0.05, 0.1) is 6.04 Å². The van der Waals surface area contributed by atoms with Crippen molar-refractivity contribution >= 4 is 5.78 Å². The summed E-state index contributed by atoms with van der Waals surface area (Å²) in [6.07, 6.45) is 6.82. The van der Waals surface area contributed by atoms with E-state index in [2.05, 4.69) is 11.8 Å². The monoisotopic (exact) mass is 181 g/mol. The van der Waals surface area contributed by atoms with Gasteiger partial charge >= 0.3 is 0 Å². The van der Waals surface area contributed by atoms with E-state index in [0.29, 0.717) is 11.8 Å². The molecule has 0 aromatic heterocycles. The lowest BCUT2D eigenvalue weighted by Gasteiger charge is -2.22. The van der Waals surface area contributed by atoms with Gasteiger partial charge < -0.3 is 0 Å². The third-order valence-electron chi connectivity index (χ3n) is 3.46. The van der Waals surface area contributed by atoms with Gasteiger partial charge in [-0.25, -0.2) is 0 Å². The molecule has 0 bridgehead atoms. The minimum atomic E-state index is 0.299. The molecule has 2 aliphatic rings. The van der Waals surface area contributed by atoms with Crippen LogP contribution < -0.4 is 0 Å². The number of hydrogen-bond acceptors (Lipinski definition) is 2. The first kappa shape index (κ1) is 9.20. The zero-order valence-corrected chi connectivity index (χ0v) is 8.46. The molecule has 0 aromatic carbocycles. The van der Waals surface area contributed by atoms with Crippen LogP contribution >= 0.6 is 0 Å². The summed E-state index contributed by atoms with van der Waals surface area (Å²) in [5.74, 6) is 0.493. The molecule has 0 saturated carbocycles. The van der Waals surface area contributed by atoms with E-state index in [1.807, 2.05) is 0 Å². The zero-order valence-electron chi connectivity index (χ0n) is 8.46. The van der Waals surface area contributed by atoms with E-state index >= 15 is 0 Å². The molecule has 2 heterocycles. The van der Waals surface area contributed by atoms with Gasteiger partial charge in [0.2, 0.25) is 0 Å². The molecule has 0 radical (unpaired) electrons. The first-order valence-corrected chi connectivity index (χ1v) is 5.61. The Hall–Kier alpha value is -0.370. The van der Waals surface area contributed by atoms with E-state index in [9.17, 15) is 4.79 Å². The fraction of sp³-hybridized carbons (Fsp3) is 0.909. The summed E-state index contributed by atoms with van der Waals surface area (Å²) >= 11 is 0. The summed E-state index contributed by atoms with van der Waals surface area (Å²) in [6, 6.07) is 1.05. The molecule has 2 heteroatoms. The molecule has 2 atom stereocenters. The Morgan fingerprint density at radius 3 is 3.00 bits per heavy atom. The van der Waals surface area contributed by atoms with Crippen molar-refractivity contribution in [1.29, 1.82) is 0 Å². The van der Waals surface area contributed by atoms with Crippen LogP contribution in [-0.2, 0) is 4.79 Å². The van der Waals surface area contributed by atoms with Gasteiger partial charge in [0, 0.05) is 12.5 Å². The number of rotatable bonds is 3. The topological polar surface area (TPSA) is 20.3 Å². The van der Waals surface area contributed by atoms with Crippen LogP contribution in [-0.4, -0.2) is 29.3 Å². The maximum atomic E-state index is 11.7. The molecular weight excluding hydrogens is 162 g/mol. The van der Waals surface area contributed by atoms with Crippen molar-refractivity contribution < 1.29 is 4.79 Å². The van der Waals surface area contributed by atoms with Gasteiger partial charge in [0.1, 0.15) is 5.78 Å².